The average molecular weight is 364 g/mol. The van der Waals surface area contributed by atoms with Gasteiger partial charge in [-0.15, -0.1) is 12.4 Å². The van der Waals surface area contributed by atoms with Gasteiger partial charge in [0.1, 0.15) is 0 Å². The summed E-state index contributed by atoms with van der Waals surface area (Å²) < 4.78 is 30.3. The monoisotopic (exact) mass is 363 g/mol. The maximum atomic E-state index is 11.9. The molecule has 1 aromatic carbocycles. The molecule has 0 aromatic heterocycles. The fourth-order valence-electron chi connectivity index (χ4n) is 2.35. The van der Waals surface area contributed by atoms with Crippen LogP contribution in [0.3, 0.4) is 0 Å². The Morgan fingerprint density at radius 1 is 1.48 bits per heavy atom. The number of nitrogens with two attached hydrogens (primary N) is 1. The van der Waals surface area contributed by atoms with Gasteiger partial charge in [-0.2, -0.15) is 0 Å². The molecule has 1 saturated heterocycles. The van der Waals surface area contributed by atoms with Crippen LogP contribution in [0.1, 0.15) is 12.8 Å². The number of carbonyl (C=O) groups is 1. The van der Waals surface area contributed by atoms with Gasteiger partial charge in [0, 0.05) is 25.9 Å². The summed E-state index contributed by atoms with van der Waals surface area (Å²) in [6.07, 6.45) is 0.437. The Morgan fingerprint density at radius 2 is 2.22 bits per heavy atom. The van der Waals surface area contributed by atoms with Crippen LogP contribution in [0.2, 0.25) is 0 Å². The van der Waals surface area contributed by atoms with Crippen LogP contribution in [0.5, 0.6) is 0 Å². The van der Waals surface area contributed by atoms with Crippen molar-refractivity contribution in [3.63, 3.8) is 0 Å². The molecule has 130 valence electrons. The maximum Gasteiger partial charge on any atom is 0.235 e. The summed E-state index contributed by atoms with van der Waals surface area (Å²) in [5.41, 5.74) is 6.60. The van der Waals surface area contributed by atoms with Gasteiger partial charge in [0.05, 0.1) is 24.0 Å². The molecule has 1 fully saturated rings. The van der Waals surface area contributed by atoms with E-state index in [9.17, 15) is 13.2 Å². The van der Waals surface area contributed by atoms with Crippen LogP contribution in [-0.4, -0.2) is 46.4 Å². The van der Waals surface area contributed by atoms with Crippen LogP contribution < -0.4 is 15.4 Å². The number of carbonyl (C=O) groups excluding carboxylic acids is 1. The van der Waals surface area contributed by atoms with E-state index in [1.165, 1.54) is 11.4 Å². The van der Waals surface area contributed by atoms with Gasteiger partial charge in [-0.3, -0.25) is 9.10 Å². The van der Waals surface area contributed by atoms with Crippen molar-refractivity contribution in [1.29, 1.82) is 0 Å². The highest BCUT2D eigenvalue weighted by Gasteiger charge is 2.28. The van der Waals surface area contributed by atoms with Crippen molar-refractivity contribution in [1.82, 2.24) is 0 Å². The number of benzene rings is 1. The second-order valence-corrected chi connectivity index (χ2v) is 7.15. The third kappa shape index (κ3) is 5.07. The fraction of sp³-hybridized carbons (Fsp3) is 0.500. The van der Waals surface area contributed by atoms with E-state index in [2.05, 4.69) is 5.32 Å². The van der Waals surface area contributed by atoms with E-state index < -0.39 is 10.0 Å². The van der Waals surface area contributed by atoms with E-state index in [-0.39, 0.29) is 43.1 Å². The summed E-state index contributed by atoms with van der Waals surface area (Å²) in [6.45, 7) is 0.731. The van der Waals surface area contributed by atoms with E-state index in [1.807, 2.05) is 0 Å². The first kappa shape index (κ1) is 19.7. The molecule has 1 heterocycles. The van der Waals surface area contributed by atoms with E-state index in [0.717, 1.165) is 0 Å². The Morgan fingerprint density at radius 3 is 2.78 bits per heavy atom. The summed E-state index contributed by atoms with van der Waals surface area (Å²) in [7, 11) is -1.72. The van der Waals surface area contributed by atoms with Crippen LogP contribution >= 0.6 is 12.4 Å². The predicted molar refractivity (Wildman–Crippen MR) is 92.5 cm³/mol. The van der Waals surface area contributed by atoms with Crippen LogP contribution in [0.4, 0.5) is 11.4 Å². The van der Waals surface area contributed by atoms with Gasteiger partial charge in [0.15, 0.2) is 0 Å². The molecule has 1 atom stereocenters. The molecule has 1 aromatic rings. The zero-order chi connectivity index (χ0) is 16.2. The summed E-state index contributed by atoms with van der Waals surface area (Å²) >= 11 is 0. The van der Waals surface area contributed by atoms with Gasteiger partial charge >= 0.3 is 0 Å². The Labute approximate surface area is 142 Å². The zero-order valence-corrected chi connectivity index (χ0v) is 14.5. The molecule has 0 radical (unpaired) electrons. The second kappa shape index (κ2) is 8.49. The SMILES string of the molecule is COC(CN)CC(=O)Nc1cccc(N2CCCS2(=O)=O)c1.Cl. The van der Waals surface area contributed by atoms with Gasteiger partial charge in [-0.05, 0) is 24.6 Å². The Hall–Kier alpha value is -1.35. The lowest BCUT2D eigenvalue weighted by Crippen LogP contribution is -2.28. The van der Waals surface area contributed by atoms with E-state index >= 15 is 0 Å². The van der Waals surface area contributed by atoms with E-state index in [4.69, 9.17) is 10.5 Å². The molecule has 2 rings (SSSR count). The van der Waals surface area contributed by atoms with Gasteiger partial charge < -0.3 is 15.8 Å². The van der Waals surface area contributed by atoms with Crippen molar-refractivity contribution in [2.75, 3.05) is 35.6 Å². The lowest BCUT2D eigenvalue weighted by molar-refractivity contribution is -0.118. The quantitative estimate of drug-likeness (QED) is 0.783. The van der Waals surface area contributed by atoms with E-state index in [1.54, 1.807) is 24.3 Å². The second-order valence-electron chi connectivity index (χ2n) is 5.14. The summed E-state index contributed by atoms with van der Waals surface area (Å²) in [5.74, 6) is -0.0611. The minimum atomic E-state index is -3.23. The molecule has 0 bridgehead atoms. The highest BCUT2D eigenvalue weighted by Crippen LogP contribution is 2.26. The number of ether oxygens (including phenoxy) is 1. The van der Waals surface area contributed by atoms with Crippen LogP contribution in [0.25, 0.3) is 0 Å². The molecule has 0 spiro atoms. The van der Waals surface area contributed by atoms with Gasteiger partial charge in [-0.1, -0.05) is 6.07 Å². The largest absolute Gasteiger partial charge is 0.380 e. The number of hydrogen-bond donors (Lipinski definition) is 2. The van der Waals surface area contributed by atoms with Crippen LogP contribution in [-0.2, 0) is 19.6 Å². The lowest BCUT2D eigenvalue weighted by Gasteiger charge is -2.18. The molecule has 0 saturated carbocycles. The standard InChI is InChI=1S/C14H21N3O4S.ClH/c1-21-13(10-15)9-14(18)16-11-4-2-5-12(8-11)17-6-3-7-22(17,19)20;/h2,4-5,8,13H,3,6-7,9-10,15H2,1H3,(H,16,18);1H. The van der Waals surface area contributed by atoms with Crippen LogP contribution in [0.15, 0.2) is 24.3 Å². The van der Waals surface area contributed by atoms with Crippen molar-refractivity contribution >= 4 is 39.7 Å². The molecular formula is C14H22ClN3O4S. The van der Waals surface area contributed by atoms with Gasteiger partial charge in [0.2, 0.25) is 15.9 Å². The number of amides is 1. The van der Waals surface area contributed by atoms with Crippen molar-refractivity contribution in [3.8, 4) is 0 Å². The summed E-state index contributed by atoms with van der Waals surface area (Å²) in [6, 6.07) is 6.81. The molecule has 7 nitrogen and oxygen atoms in total. The molecule has 0 aliphatic carbocycles. The van der Waals surface area contributed by atoms with Crippen molar-refractivity contribution in [2.24, 2.45) is 5.73 Å². The first-order valence-corrected chi connectivity index (χ1v) is 8.70. The van der Waals surface area contributed by atoms with Gasteiger partial charge in [-0.25, -0.2) is 8.42 Å². The molecule has 1 amide bonds. The smallest absolute Gasteiger partial charge is 0.235 e. The van der Waals surface area contributed by atoms with Gasteiger partial charge in [0.25, 0.3) is 0 Å². The number of methoxy groups -OCH3 is 1. The predicted octanol–water partition coefficient (Wildman–Crippen LogP) is 0.951. The van der Waals surface area contributed by atoms with E-state index in [0.29, 0.717) is 24.3 Å². The summed E-state index contributed by atoms with van der Waals surface area (Å²) in [4.78, 5) is 11.9. The molecule has 23 heavy (non-hydrogen) atoms. The number of hydrogen-bond acceptors (Lipinski definition) is 5. The number of nitrogens with one attached hydrogen (secondary N) is 1. The van der Waals surface area contributed by atoms with Crippen LogP contribution in [0, 0.1) is 0 Å². The minimum absolute atomic E-state index is 0. The third-order valence-electron chi connectivity index (χ3n) is 3.53. The highest BCUT2D eigenvalue weighted by atomic mass is 35.5. The number of sulfonamides is 1. The molecular weight excluding hydrogens is 342 g/mol. The topological polar surface area (TPSA) is 102 Å². The summed E-state index contributed by atoms with van der Waals surface area (Å²) in [5, 5.41) is 2.74. The number of rotatable bonds is 6. The lowest BCUT2D eigenvalue weighted by atomic mass is 10.2. The number of halogens is 1. The average Bonchev–Trinajstić information content (AvgIpc) is 2.84. The van der Waals surface area contributed by atoms with Crippen molar-refractivity contribution < 1.29 is 17.9 Å². The maximum absolute atomic E-state index is 11.9. The third-order valence-corrected chi connectivity index (χ3v) is 5.40. The minimum Gasteiger partial charge on any atom is -0.380 e. The first-order valence-electron chi connectivity index (χ1n) is 7.09. The number of nitrogens with zero attached hydrogens (tertiary/aromatic N) is 1. The fourth-order valence-corrected chi connectivity index (χ4v) is 3.91. The highest BCUT2D eigenvalue weighted by molar-refractivity contribution is 7.93. The first-order chi connectivity index (χ1) is 10.5. The Balaban J connectivity index is 0.00000264. The zero-order valence-electron chi connectivity index (χ0n) is 12.9. The Kier molecular flexibility index (Phi) is 7.27. The molecule has 1 aliphatic rings. The van der Waals surface area contributed by atoms with Crippen molar-refractivity contribution in [2.45, 2.75) is 18.9 Å². The Bertz CT molecular complexity index is 635. The molecule has 9 heteroatoms. The molecule has 1 aliphatic heterocycles. The molecule has 3 N–H and O–H groups in total. The number of anilines is 2. The van der Waals surface area contributed by atoms with Crippen molar-refractivity contribution in [3.05, 3.63) is 24.3 Å². The normalized spacial score (nSPS) is 17.4. The molecule has 1 unspecified atom stereocenters.